The van der Waals surface area contributed by atoms with Gasteiger partial charge in [0.15, 0.2) is 0 Å². The van der Waals surface area contributed by atoms with E-state index in [9.17, 15) is 4.79 Å². The number of aromatic nitrogens is 4. The maximum atomic E-state index is 12.5. The van der Waals surface area contributed by atoms with Crippen LogP contribution in [0.1, 0.15) is 29.7 Å². The smallest absolute Gasteiger partial charge is 0.410 e. The summed E-state index contributed by atoms with van der Waals surface area (Å²) in [5.41, 5.74) is 3.38. The Hall–Kier alpha value is -2.87. The number of piperidine rings is 1. The van der Waals surface area contributed by atoms with Crippen LogP contribution in [0.2, 0.25) is 0 Å². The highest BCUT2D eigenvalue weighted by Gasteiger charge is 2.24. The number of aryl methyl sites for hydroxylation is 1. The summed E-state index contributed by atoms with van der Waals surface area (Å²) < 4.78 is 5.58. The summed E-state index contributed by atoms with van der Waals surface area (Å²) in [7, 11) is 0. The highest BCUT2D eigenvalue weighted by molar-refractivity contribution is 7.99. The number of thioether (sulfide) groups is 1. The van der Waals surface area contributed by atoms with Crippen LogP contribution in [0.3, 0.4) is 0 Å². The van der Waals surface area contributed by atoms with E-state index < -0.39 is 0 Å². The number of amides is 1. The van der Waals surface area contributed by atoms with Crippen molar-refractivity contribution in [3.8, 4) is 5.75 Å². The monoisotopic (exact) mass is 423 g/mol. The van der Waals surface area contributed by atoms with E-state index in [0.29, 0.717) is 11.7 Å². The van der Waals surface area contributed by atoms with Crippen molar-refractivity contribution in [1.29, 1.82) is 0 Å². The summed E-state index contributed by atoms with van der Waals surface area (Å²) in [6.07, 6.45) is 5.83. The fraction of sp³-hybridized carbons (Fsp3) is 0.364. The minimum Gasteiger partial charge on any atom is -0.410 e. The van der Waals surface area contributed by atoms with Gasteiger partial charge in [0, 0.05) is 37.2 Å². The molecule has 1 amide bonds. The number of pyridine rings is 1. The Balaban J connectivity index is 1.23. The SMILES string of the molecule is Cc1cccnc1Cc1ccc(OC(=O)N2CCC(CSc3nc[nH]n3)CC2)cc1. The quantitative estimate of drug-likeness (QED) is 0.601. The number of nitrogens with zero attached hydrogens (tertiary/aromatic N) is 4. The summed E-state index contributed by atoms with van der Waals surface area (Å²) in [4.78, 5) is 22.9. The predicted molar refractivity (Wildman–Crippen MR) is 116 cm³/mol. The van der Waals surface area contributed by atoms with Gasteiger partial charge in [-0.15, -0.1) is 5.10 Å². The molecule has 1 fully saturated rings. The molecule has 4 rings (SSSR count). The molecule has 0 radical (unpaired) electrons. The number of carbonyl (C=O) groups is 1. The lowest BCUT2D eigenvalue weighted by molar-refractivity contribution is 0.134. The number of ether oxygens (including phenoxy) is 1. The molecule has 156 valence electrons. The summed E-state index contributed by atoms with van der Waals surface area (Å²) in [6, 6.07) is 11.7. The van der Waals surface area contributed by atoms with Crippen LogP contribution in [-0.2, 0) is 6.42 Å². The van der Waals surface area contributed by atoms with Crippen LogP contribution in [0, 0.1) is 12.8 Å². The van der Waals surface area contributed by atoms with Crippen LogP contribution < -0.4 is 4.74 Å². The van der Waals surface area contributed by atoms with E-state index in [1.165, 1.54) is 5.56 Å². The first kappa shape index (κ1) is 20.4. The number of H-pyrrole nitrogens is 1. The lowest BCUT2D eigenvalue weighted by Crippen LogP contribution is -2.40. The van der Waals surface area contributed by atoms with Gasteiger partial charge in [-0.05, 0) is 55.0 Å². The van der Waals surface area contributed by atoms with Crippen molar-refractivity contribution in [2.24, 2.45) is 5.92 Å². The van der Waals surface area contributed by atoms with Crippen LogP contribution in [-0.4, -0.2) is 50.0 Å². The lowest BCUT2D eigenvalue weighted by atomic mass is 9.99. The van der Waals surface area contributed by atoms with Crippen molar-refractivity contribution in [1.82, 2.24) is 25.1 Å². The number of nitrogens with one attached hydrogen (secondary N) is 1. The minimum absolute atomic E-state index is 0.275. The van der Waals surface area contributed by atoms with Gasteiger partial charge in [0.25, 0.3) is 0 Å². The third-order valence-corrected chi connectivity index (χ3v) is 6.42. The van der Waals surface area contributed by atoms with Gasteiger partial charge in [0.1, 0.15) is 12.1 Å². The summed E-state index contributed by atoms with van der Waals surface area (Å²) in [5, 5.41) is 7.57. The molecule has 3 heterocycles. The van der Waals surface area contributed by atoms with Crippen molar-refractivity contribution in [2.75, 3.05) is 18.8 Å². The van der Waals surface area contributed by atoms with Crippen LogP contribution in [0.25, 0.3) is 0 Å². The molecule has 1 aromatic carbocycles. The van der Waals surface area contributed by atoms with E-state index in [-0.39, 0.29) is 6.09 Å². The van der Waals surface area contributed by atoms with Gasteiger partial charge in [-0.2, -0.15) is 0 Å². The first-order valence-corrected chi connectivity index (χ1v) is 11.1. The first-order chi connectivity index (χ1) is 14.7. The summed E-state index contributed by atoms with van der Waals surface area (Å²) >= 11 is 1.66. The molecule has 0 spiro atoms. The molecule has 1 N–H and O–H groups in total. The van der Waals surface area contributed by atoms with Crippen LogP contribution in [0.15, 0.2) is 54.1 Å². The number of rotatable bonds is 6. The maximum absolute atomic E-state index is 12.5. The average molecular weight is 424 g/mol. The Morgan fingerprint density at radius 1 is 1.20 bits per heavy atom. The van der Waals surface area contributed by atoms with Crippen LogP contribution >= 0.6 is 11.8 Å². The Labute approximate surface area is 180 Å². The zero-order chi connectivity index (χ0) is 20.8. The van der Waals surface area contributed by atoms with Gasteiger partial charge in [-0.1, -0.05) is 30.0 Å². The van der Waals surface area contributed by atoms with Gasteiger partial charge in [0.2, 0.25) is 5.16 Å². The molecular weight excluding hydrogens is 398 g/mol. The van der Waals surface area contributed by atoms with E-state index in [1.807, 2.05) is 36.5 Å². The molecule has 7 nitrogen and oxygen atoms in total. The van der Waals surface area contributed by atoms with Crippen molar-refractivity contribution in [3.63, 3.8) is 0 Å². The third-order valence-electron chi connectivity index (χ3n) is 5.33. The largest absolute Gasteiger partial charge is 0.415 e. The zero-order valence-electron chi connectivity index (χ0n) is 17.0. The summed E-state index contributed by atoms with van der Waals surface area (Å²) in [6.45, 7) is 3.50. The fourth-order valence-corrected chi connectivity index (χ4v) is 4.44. The second-order valence-electron chi connectivity index (χ2n) is 7.48. The maximum Gasteiger partial charge on any atom is 0.415 e. The van der Waals surface area contributed by atoms with E-state index in [4.69, 9.17) is 4.74 Å². The predicted octanol–water partition coefficient (Wildman–Crippen LogP) is 4.10. The standard InChI is InChI=1S/C22H25N5O2S/c1-16-3-2-10-23-20(16)13-17-4-6-19(7-5-17)29-22(28)27-11-8-18(9-12-27)14-30-21-24-15-25-26-21/h2-7,10,15,18H,8-9,11-14H2,1H3,(H,24,25,26). The molecule has 1 saturated heterocycles. The topological polar surface area (TPSA) is 84.0 Å². The van der Waals surface area contributed by atoms with E-state index in [1.54, 1.807) is 23.0 Å². The Morgan fingerprint density at radius 3 is 2.70 bits per heavy atom. The summed E-state index contributed by atoms with van der Waals surface area (Å²) in [5.74, 6) is 2.11. The van der Waals surface area contributed by atoms with Gasteiger partial charge >= 0.3 is 6.09 Å². The van der Waals surface area contributed by atoms with Crippen LogP contribution in [0.5, 0.6) is 5.75 Å². The van der Waals surface area contributed by atoms with Gasteiger partial charge in [-0.25, -0.2) is 9.78 Å². The van der Waals surface area contributed by atoms with Crippen molar-refractivity contribution in [2.45, 2.75) is 31.3 Å². The second kappa shape index (κ2) is 9.75. The van der Waals surface area contributed by atoms with E-state index >= 15 is 0 Å². The molecule has 0 atom stereocenters. The lowest BCUT2D eigenvalue weighted by Gasteiger charge is -2.30. The third kappa shape index (κ3) is 5.38. The number of hydrogen-bond acceptors (Lipinski definition) is 6. The molecular formula is C22H25N5O2S. The molecule has 1 aliphatic heterocycles. The molecule has 0 bridgehead atoms. The van der Waals surface area contributed by atoms with E-state index in [0.717, 1.165) is 54.5 Å². The molecule has 30 heavy (non-hydrogen) atoms. The Morgan fingerprint density at radius 2 is 2.00 bits per heavy atom. The molecule has 0 saturated carbocycles. The fourth-order valence-electron chi connectivity index (χ4n) is 3.48. The highest BCUT2D eigenvalue weighted by Crippen LogP contribution is 2.25. The molecule has 3 aromatic rings. The number of benzene rings is 1. The second-order valence-corrected chi connectivity index (χ2v) is 8.47. The molecule has 1 aliphatic rings. The molecule has 2 aromatic heterocycles. The molecule has 8 heteroatoms. The first-order valence-electron chi connectivity index (χ1n) is 10.1. The van der Waals surface area contributed by atoms with Crippen molar-refractivity contribution < 1.29 is 9.53 Å². The van der Waals surface area contributed by atoms with Gasteiger partial charge < -0.3 is 9.64 Å². The number of carbonyl (C=O) groups excluding carboxylic acids is 1. The number of hydrogen-bond donors (Lipinski definition) is 1. The van der Waals surface area contributed by atoms with Crippen molar-refractivity contribution >= 4 is 17.9 Å². The average Bonchev–Trinajstić information content (AvgIpc) is 3.29. The van der Waals surface area contributed by atoms with Gasteiger partial charge in [0.05, 0.1) is 0 Å². The zero-order valence-corrected chi connectivity index (χ0v) is 17.8. The minimum atomic E-state index is -0.275. The normalized spacial score (nSPS) is 14.6. The Bertz CT molecular complexity index is 954. The highest BCUT2D eigenvalue weighted by atomic mass is 32.2. The number of aromatic amines is 1. The molecule has 0 unspecified atom stereocenters. The van der Waals surface area contributed by atoms with Gasteiger partial charge in [-0.3, -0.25) is 10.1 Å². The Kier molecular flexibility index (Phi) is 6.63. The van der Waals surface area contributed by atoms with E-state index in [2.05, 4.69) is 33.2 Å². The number of likely N-dealkylation sites (tertiary alicyclic amines) is 1. The molecule has 0 aliphatic carbocycles. The van der Waals surface area contributed by atoms with Crippen molar-refractivity contribution in [3.05, 3.63) is 65.7 Å². The van der Waals surface area contributed by atoms with Crippen LogP contribution in [0.4, 0.5) is 4.79 Å².